The lowest BCUT2D eigenvalue weighted by molar-refractivity contribution is -0.269. The van der Waals surface area contributed by atoms with E-state index < -0.39 is 35.5 Å². The fourth-order valence-electron chi connectivity index (χ4n) is 2.86. The van der Waals surface area contributed by atoms with Gasteiger partial charge in [-0.2, -0.15) is 0 Å². The SMILES string of the molecule is CCC(=O)OC1(C(=O)OC(=O)C2(OC(=O)CC)CCCCO2)CCCCO1. The van der Waals surface area contributed by atoms with Gasteiger partial charge in [0.15, 0.2) is 0 Å². The fourth-order valence-corrected chi connectivity index (χ4v) is 2.86. The van der Waals surface area contributed by atoms with Gasteiger partial charge in [-0.3, -0.25) is 9.59 Å². The second-order valence-corrected chi connectivity index (χ2v) is 6.45. The average Bonchev–Trinajstić information content (AvgIpc) is 2.69. The molecule has 2 aliphatic rings. The molecule has 2 heterocycles. The van der Waals surface area contributed by atoms with Crippen molar-refractivity contribution in [2.45, 2.75) is 76.8 Å². The van der Waals surface area contributed by atoms with Gasteiger partial charge in [-0.05, 0) is 25.7 Å². The number of carbonyl (C=O) groups is 4. The zero-order chi connectivity index (χ0) is 19.9. The van der Waals surface area contributed by atoms with E-state index in [1.54, 1.807) is 13.8 Å². The zero-order valence-electron chi connectivity index (χ0n) is 15.7. The van der Waals surface area contributed by atoms with Crippen LogP contribution in [-0.4, -0.2) is 48.7 Å². The summed E-state index contributed by atoms with van der Waals surface area (Å²) in [4.78, 5) is 48.8. The highest BCUT2D eigenvalue weighted by molar-refractivity contribution is 5.94. The van der Waals surface area contributed by atoms with Crippen molar-refractivity contribution in [1.29, 1.82) is 0 Å². The third-order valence-corrected chi connectivity index (χ3v) is 4.41. The number of ether oxygens (including phenoxy) is 5. The van der Waals surface area contributed by atoms with E-state index in [2.05, 4.69) is 0 Å². The minimum absolute atomic E-state index is 0.0352. The van der Waals surface area contributed by atoms with Crippen LogP contribution in [0.5, 0.6) is 0 Å². The molecule has 2 unspecified atom stereocenters. The predicted molar refractivity (Wildman–Crippen MR) is 88.9 cm³/mol. The number of hydrogen-bond acceptors (Lipinski definition) is 9. The smallest absolute Gasteiger partial charge is 0.387 e. The van der Waals surface area contributed by atoms with Crippen LogP contribution in [0, 0.1) is 0 Å². The van der Waals surface area contributed by atoms with Crippen molar-refractivity contribution < 1.29 is 42.9 Å². The number of hydrogen-bond donors (Lipinski definition) is 0. The summed E-state index contributed by atoms with van der Waals surface area (Å²) in [6, 6.07) is 0. The van der Waals surface area contributed by atoms with Crippen molar-refractivity contribution in [2.75, 3.05) is 13.2 Å². The molecule has 2 fully saturated rings. The van der Waals surface area contributed by atoms with Gasteiger partial charge in [0.25, 0.3) is 0 Å². The fraction of sp³-hybridized carbons (Fsp3) is 0.778. The second kappa shape index (κ2) is 9.27. The maximum absolute atomic E-state index is 12.7. The van der Waals surface area contributed by atoms with E-state index in [4.69, 9.17) is 23.7 Å². The van der Waals surface area contributed by atoms with Crippen LogP contribution in [0.1, 0.15) is 65.2 Å². The largest absolute Gasteiger partial charge is 0.421 e. The maximum Gasteiger partial charge on any atom is 0.387 e. The molecular weight excluding hydrogens is 360 g/mol. The molecule has 2 saturated heterocycles. The molecule has 0 N–H and O–H groups in total. The Morgan fingerprint density at radius 2 is 1.15 bits per heavy atom. The van der Waals surface area contributed by atoms with Crippen molar-refractivity contribution in [3.8, 4) is 0 Å². The second-order valence-electron chi connectivity index (χ2n) is 6.45. The molecular formula is C18H26O9. The van der Waals surface area contributed by atoms with Crippen molar-refractivity contribution in [2.24, 2.45) is 0 Å². The van der Waals surface area contributed by atoms with Crippen LogP contribution in [0.25, 0.3) is 0 Å². The predicted octanol–water partition coefficient (Wildman–Crippen LogP) is 1.76. The minimum Gasteiger partial charge on any atom is -0.421 e. The van der Waals surface area contributed by atoms with Gasteiger partial charge in [0.05, 0.1) is 13.2 Å². The molecule has 0 bridgehead atoms. The summed E-state index contributed by atoms with van der Waals surface area (Å²) in [6.45, 7) is 3.52. The zero-order valence-corrected chi connectivity index (χ0v) is 15.7. The molecule has 2 aliphatic heterocycles. The average molecular weight is 386 g/mol. The first-order chi connectivity index (χ1) is 12.9. The molecule has 9 heteroatoms. The van der Waals surface area contributed by atoms with Gasteiger partial charge in [0.1, 0.15) is 0 Å². The number of esters is 4. The lowest BCUT2D eigenvalue weighted by Gasteiger charge is -2.36. The summed E-state index contributed by atoms with van der Waals surface area (Å²) in [5, 5.41) is 0. The Kier molecular flexibility index (Phi) is 7.32. The lowest BCUT2D eigenvalue weighted by Crippen LogP contribution is -2.54. The van der Waals surface area contributed by atoms with Crippen LogP contribution in [0.2, 0.25) is 0 Å². The Morgan fingerprint density at radius 1 is 0.741 bits per heavy atom. The van der Waals surface area contributed by atoms with E-state index in [1.807, 2.05) is 0 Å². The number of carbonyl (C=O) groups excluding carboxylic acids is 4. The molecule has 2 rings (SSSR count). The molecule has 0 aliphatic carbocycles. The van der Waals surface area contributed by atoms with Gasteiger partial charge in [0, 0.05) is 25.7 Å². The first-order valence-corrected chi connectivity index (χ1v) is 9.36. The molecule has 27 heavy (non-hydrogen) atoms. The van der Waals surface area contributed by atoms with Gasteiger partial charge in [-0.15, -0.1) is 0 Å². The standard InChI is InChI=1S/C18H26O9/c1-3-13(19)26-17(9-5-7-11-23-17)15(21)25-16(22)18(27-14(20)4-2)10-6-8-12-24-18/h3-12H2,1-2H3. The highest BCUT2D eigenvalue weighted by Gasteiger charge is 2.53. The van der Waals surface area contributed by atoms with Gasteiger partial charge in [-0.1, -0.05) is 13.8 Å². The molecule has 0 aromatic heterocycles. The molecule has 0 aromatic carbocycles. The molecule has 2 atom stereocenters. The first-order valence-electron chi connectivity index (χ1n) is 9.36. The van der Waals surface area contributed by atoms with E-state index in [1.165, 1.54) is 0 Å². The van der Waals surface area contributed by atoms with Crippen LogP contribution >= 0.6 is 0 Å². The lowest BCUT2D eigenvalue weighted by atomic mass is 10.0. The molecule has 0 amide bonds. The number of rotatable bonds is 6. The quantitative estimate of drug-likeness (QED) is 0.382. The van der Waals surface area contributed by atoms with Crippen molar-refractivity contribution >= 4 is 23.9 Å². The van der Waals surface area contributed by atoms with Gasteiger partial charge >= 0.3 is 35.5 Å². The Balaban J connectivity index is 2.17. The molecule has 0 aromatic rings. The van der Waals surface area contributed by atoms with Crippen LogP contribution < -0.4 is 0 Å². The summed E-state index contributed by atoms with van der Waals surface area (Å²) < 4.78 is 26.1. The highest BCUT2D eigenvalue weighted by Crippen LogP contribution is 2.32. The van der Waals surface area contributed by atoms with E-state index in [0.717, 1.165) is 0 Å². The topological polar surface area (TPSA) is 114 Å². The Hall–Kier alpha value is -2.00. The molecule has 0 saturated carbocycles. The van der Waals surface area contributed by atoms with Gasteiger partial charge in [-0.25, -0.2) is 9.59 Å². The van der Waals surface area contributed by atoms with Gasteiger partial charge < -0.3 is 23.7 Å². The van der Waals surface area contributed by atoms with Crippen LogP contribution in [-0.2, 0) is 42.9 Å². The Bertz CT molecular complexity index is 521. The summed E-state index contributed by atoms with van der Waals surface area (Å²) >= 11 is 0. The van der Waals surface area contributed by atoms with E-state index in [-0.39, 0.29) is 38.9 Å². The Morgan fingerprint density at radius 3 is 1.44 bits per heavy atom. The summed E-state index contributed by atoms with van der Waals surface area (Å²) in [5.41, 5.74) is 0. The summed E-state index contributed by atoms with van der Waals surface area (Å²) in [5.74, 6) is -7.52. The molecule has 0 spiro atoms. The van der Waals surface area contributed by atoms with E-state index in [0.29, 0.717) is 25.7 Å². The van der Waals surface area contributed by atoms with Gasteiger partial charge in [0.2, 0.25) is 0 Å². The third-order valence-electron chi connectivity index (χ3n) is 4.41. The highest BCUT2D eigenvalue weighted by atomic mass is 16.8. The molecule has 152 valence electrons. The monoisotopic (exact) mass is 386 g/mol. The molecule has 9 nitrogen and oxygen atoms in total. The normalized spacial score (nSPS) is 28.1. The molecule has 0 radical (unpaired) electrons. The van der Waals surface area contributed by atoms with Crippen LogP contribution in [0.15, 0.2) is 0 Å². The van der Waals surface area contributed by atoms with Crippen molar-refractivity contribution in [1.82, 2.24) is 0 Å². The van der Waals surface area contributed by atoms with E-state index in [9.17, 15) is 19.2 Å². The minimum atomic E-state index is -1.97. The first kappa shape index (κ1) is 21.3. The van der Waals surface area contributed by atoms with Crippen molar-refractivity contribution in [3.63, 3.8) is 0 Å². The van der Waals surface area contributed by atoms with E-state index >= 15 is 0 Å². The summed E-state index contributed by atoms with van der Waals surface area (Å²) in [6.07, 6.45) is 2.73. The van der Waals surface area contributed by atoms with Crippen molar-refractivity contribution in [3.05, 3.63) is 0 Å². The maximum atomic E-state index is 12.7. The summed E-state index contributed by atoms with van der Waals surface area (Å²) in [7, 11) is 0. The third kappa shape index (κ3) is 5.04. The Labute approximate surface area is 157 Å². The van der Waals surface area contributed by atoms with Crippen LogP contribution in [0.3, 0.4) is 0 Å². The van der Waals surface area contributed by atoms with Crippen LogP contribution in [0.4, 0.5) is 0 Å².